The van der Waals surface area contributed by atoms with Crippen molar-refractivity contribution in [3.8, 4) is 11.4 Å². The average Bonchev–Trinajstić information content (AvgIpc) is 3.26. The molecular weight excluding hydrogens is 392 g/mol. The molecule has 5 atom stereocenters. The van der Waals surface area contributed by atoms with Crippen molar-refractivity contribution in [2.45, 2.75) is 63.3 Å². The number of anilines is 2. The van der Waals surface area contributed by atoms with Crippen molar-refractivity contribution in [3.63, 3.8) is 0 Å². The fourth-order valence-electron chi connectivity index (χ4n) is 6.08. The highest BCUT2D eigenvalue weighted by atomic mass is 16.5. The van der Waals surface area contributed by atoms with Gasteiger partial charge in [0.25, 0.3) is 0 Å². The van der Waals surface area contributed by atoms with E-state index in [9.17, 15) is 0 Å². The summed E-state index contributed by atoms with van der Waals surface area (Å²) in [5, 5.41) is 0. The molecule has 3 saturated heterocycles. The minimum atomic E-state index is 0.293. The topological polar surface area (TPSA) is 108 Å². The molecule has 6 heterocycles. The molecule has 3 aromatic heterocycles. The number of ether oxygens (including phenoxy) is 1. The van der Waals surface area contributed by atoms with Crippen LogP contribution in [-0.2, 0) is 4.74 Å². The SMILES string of the molecule is CC(C1CCCC1)n1cnc2c(-c3cnc(N)cn3)nc(N3CC4CC5C(O4)C53)nc21. The molecule has 2 N–H and O–H groups in total. The number of piperidine rings is 1. The van der Waals surface area contributed by atoms with Gasteiger partial charge in [-0.15, -0.1) is 0 Å². The predicted octanol–water partition coefficient (Wildman–Crippen LogP) is 2.59. The van der Waals surface area contributed by atoms with Gasteiger partial charge in [0.05, 0.1) is 37.0 Å². The van der Waals surface area contributed by atoms with Gasteiger partial charge in [-0.05, 0) is 32.1 Å². The lowest BCUT2D eigenvalue weighted by molar-refractivity contribution is 0.0490. The van der Waals surface area contributed by atoms with Gasteiger partial charge in [0.1, 0.15) is 22.7 Å². The Labute approximate surface area is 180 Å². The molecule has 0 radical (unpaired) electrons. The molecule has 0 spiro atoms. The minimum absolute atomic E-state index is 0.293. The lowest BCUT2D eigenvalue weighted by atomic mass is 10.00. The Bertz CT molecular complexity index is 1140. The summed E-state index contributed by atoms with van der Waals surface area (Å²) in [6.07, 6.45) is 12.2. The number of morpholine rings is 1. The highest BCUT2D eigenvalue weighted by molar-refractivity contribution is 5.87. The van der Waals surface area contributed by atoms with E-state index in [4.69, 9.17) is 25.4 Å². The van der Waals surface area contributed by atoms with Crippen LogP contribution in [-0.4, -0.2) is 54.3 Å². The van der Waals surface area contributed by atoms with Crippen LogP contribution in [0.15, 0.2) is 18.7 Å². The zero-order chi connectivity index (χ0) is 20.7. The molecule has 9 heteroatoms. The number of nitrogens with two attached hydrogens (primary N) is 1. The normalized spacial score (nSPS) is 30.3. The van der Waals surface area contributed by atoms with Gasteiger partial charge in [-0.25, -0.2) is 19.9 Å². The van der Waals surface area contributed by atoms with E-state index < -0.39 is 0 Å². The molecular formula is C22H26N8O. The molecule has 8 rings (SSSR count). The maximum atomic E-state index is 6.06. The highest BCUT2D eigenvalue weighted by Gasteiger charge is 2.65. The van der Waals surface area contributed by atoms with Gasteiger partial charge >= 0.3 is 0 Å². The molecule has 2 saturated carbocycles. The molecule has 4 bridgehead atoms. The fourth-order valence-corrected chi connectivity index (χ4v) is 6.08. The number of aromatic nitrogens is 6. The van der Waals surface area contributed by atoms with Gasteiger partial charge in [-0.2, -0.15) is 4.98 Å². The smallest absolute Gasteiger partial charge is 0.228 e. The Morgan fingerprint density at radius 2 is 2.00 bits per heavy atom. The van der Waals surface area contributed by atoms with Crippen LogP contribution in [0.1, 0.15) is 45.1 Å². The van der Waals surface area contributed by atoms with E-state index in [1.165, 1.54) is 32.1 Å². The molecule has 3 aromatic rings. The molecule has 160 valence electrons. The average molecular weight is 419 g/mol. The first-order chi connectivity index (χ1) is 15.2. The number of fused-ring (bicyclic) bond motifs is 2. The van der Waals surface area contributed by atoms with E-state index in [1.54, 1.807) is 12.4 Å². The third-order valence-corrected chi connectivity index (χ3v) is 7.80. The fraction of sp³-hybridized carbons (Fsp3) is 0.591. The van der Waals surface area contributed by atoms with Crippen molar-refractivity contribution in [3.05, 3.63) is 18.7 Å². The summed E-state index contributed by atoms with van der Waals surface area (Å²) in [7, 11) is 0. The zero-order valence-corrected chi connectivity index (χ0v) is 17.6. The van der Waals surface area contributed by atoms with Crippen molar-refractivity contribution in [2.75, 3.05) is 17.2 Å². The van der Waals surface area contributed by atoms with Crippen LogP contribution in [0.2, 0.25) is 0 Å². The number of rotatable bonds is 4. The van der Waals surface area contributed by atoms with Crippen molar-refractivity contribution >= 4 is 22.9 Å². The summed E-state index contributed by atoms with van der Waals surface area (Å²) >= 11 is 0. The van der Waals surface area contributed by atoms with E-state index in [-0.39, 0.29) is 0 Å². The van der Waals surface area contributed by atoms with E-state index in [0.29, 0.717) is 47.6 Å². The van der Waals surface area contributed by atoms with Crippen molar-refractivity contribution in [1.82, 2.24) is 29.5 Å². The summed E-state index contributed by atoms with van der Waals surface area (Å²) in [5.74, 6) is 2.44. The second kappa shape index (κ2) is 6.35. The van der Waals surface area contributed by atoms with Gasteiger partial charge in [0.15, 0.2) is 5.65 Å². The summed E-state index contributed by atoms with van der Waals surface area (Å²) in [4.78, 5) is 25.9. The highest BCUT2D eigenvalue weighted by Crippen LogP contribution is 2.54. The largest absolute Gasteiger partial charge is 0.382 e. The van der Waals surface area contributed by atoms with Crippen molar-refractivity contribution in [2.24, 2.45) is 11.8 Å². The summed E-state index contributed by atoms with van der Waals surface area (Å²) in [6, 6.07) is 0.754. The molecule has 9 nitrogen and oxygen atoms in total. The third kappa shape index (κ3) is 2.62. The minimum Gasteiger partial charge on any atom is -0.382 e. The lowest BCUT2D eigenvalue weighted by Gasteiger charge is -2.34. The Morgan fingerprint density at radius 3 is 2.71 bits per heavy atom. The second-order valence-corrected chi connectivity index (χ2v) is 9.57. The maximum absolute atomic E-state index is 6.06. The number of hydrogen-bond donors (Lipinski definition) is 1. The van der Waals surface area contributed by atoms with Gasteiger partial charge in [0.2, 0.25) is 5.95 Å². The molecule has 5 aliphatic rings. The predicted molar refractivity (Wildman–Crippen MR) is 115 cm³/mol. The van der Waals surface area contributed by atoms with Gasteiger partial charge in [0, 0.05) is 18.5 Å². The van der Waals surface area contributed by atoms with E-state index >= 15 is 0 Å². The van der Waals surface area contributed by atoms with Crippen molar-refractivity contribution in [1.29, 1.82) is 0 Å². The first-order valence-corrected chi connectivity index (χ1v) is 11.4. The Balaban J connectivity index is 1.38. The number of imidazole rings is 1. The number of hydrogen-bond acceptors (Lipinski definition) is 8. The Kier molecular flexibility index (Phi) is 3.65. The zero-order valence-electron chi connectivity index (χ0n) is 17.6. The third-order valence-electron chi connectivity index (χ3n) is 7.80. The standard InChI is InChI=1S/C22H26N8O/c1-11(12-4-2-3-5-12)30-10-26-18-17(15-7-25-16(23)8-24-15)27-22(28-21(18)30)29-9-13-6-14-19(29)20(14)31-13/h7-8,10-14,19-20H,2-6,9H2,1H3,(H2,23,25). The van der Waals surface area contributed by atoms with E-state index in [2.05, 4.69) is 26.4 Å². The number of nitrogens with zero attached hydrogens (tertiary/aromatic N) is 7. The molecule has 3 aliphatic heterocycles. The molecule has 0 amide bonds. The van der Waals surface area contributed by atoms with Crippen LogP contribution in [0.3, 0.4) is 0 Å². The van der Waals surface area contributed by atoms with Crippen molar-refractivity contribution < 1.29 is 4.74 Å². The summed E-state index contributed by atoms with van der Waals surface area (Å²) in [5.41, 5.74) is 8.83. The quantitative estimate of drug-likeness (QED) is 0.689. The van der Waals surface area contributed by atoms with Gasteiger partial charge < -0.3 is 19.9 Å². The second-order valence-electron chi connectivity index (χ2n) is 9.57. The summed E-state index contributed by atoms with van der Waals surface area (Å²) < 4.78 is 8.31. The van der Waals surface area contributed by atoms with Crippen LogP contribution >= 0.6 is 0 Å². The molecule has 0 aromatic carbocycles. The molecule has 5 unspecified atom stereocenters. The summed E-state index contributed by atoms with van der Waals surface area (Å²) in [6.45, 7) is 3.14. The van der Waals surface area contributed by atoms with Gasteiger partial charge in [-0.3, -0.25) is 0 Å². The number of nitrogen functional groups attached to an aromatic ring is 1. The molecule has 5 fully saturated rings. The first-order valence-electron chi connectivity index (χ1n) is 11.4. The maximum Gasteiger partial charge on any atom is 0.228 e. The van der Waals surface area contributed by atoms with E-state index in [1.807, 2.05) is 6.33 Å². The van der Waals surface area contributed by atoms with Crippen LogP contribution in [0.25, 0.3) is 22.6 Å². The first kappa shape index (κ1) is 17.8. The van der Waals surface area contributed by atoms with Crippen LogP contribution in [0, 0.1) is 11.8 Å². The monoisotopic (exact) mass is 418 g/mol. The van der Waals surface area contributed by atoms with Crippen LogP contribution < -0.4 is 10.6 Å². The molecule has 31 heavy (non-hydrogen) atoms. The van der Waals surface area contributed by atoms with Crippen LogP contribution in [0.4, 0.5) is 11.8 Å². The molecule has 2 aliphatic carbocycles. The van der Waals surface area contributed by atoms with Crippen LogP contribution in [0.5, 0.6) is 0 Å². The lowest BCUT2D eigenvalue weighted by Crippen LogP contribution is -2.45. The Hall–Kier alpha value is -2.81. The van der Waals surface area contributed by atoms with Gasteiger partial charge in [-0.1, -0.05) is 12.8 Å². The Morgan fingerprint density at radius 1 is 1.13 bits per heavy atom. The van der Waals surface area contributed by atoms with E-state index in [0.717, 1.165) is 29.4 Å².